The maximum Gasteiger partial charge on any atom is 0.252 e. The fourth-order valence-corrected chi connectivity index (χ4v) is 2.57. The van der Waals surface area contributed by atoms with Crippen LogP contribution in [0, 0.1) is 5.41 Å². The topological polar surface area (TPSA) is 38.8 Å². The molecular formula is C12H27NO3Si. The normalized spacial score (nSPS) is 14.6. The van der Waals surface area contributed by atoms with E-state index in [1.54, 1.807) is 19.1 Å². The lowest BCUT2D eigenvalue weighted by atomic mass is 9.88. The Morgan fingerprint density at radius 2 is 1.76 bits per heavy atom. The predicted molar refractivity (Wildman–Crippen MR) is 72.3 cm³/mol. The van der Waals surface area contributed by atoms with Crippen LogP contribution in [0.15, 0.2) is 0 Å². The highest BCUT2D eigenvalue weighted by Crippen LogP contribution is 2.26. The minimum atomic E-state index is -1.75. The Bertz CT molecular complexity index is 255. The monoisotopic (exact) mass is 261 g/mol. The Morgan fingerprint density at radius 1 is 1.29 bits per heavy atom. The summed E-state index contributed by atoms with van der Waals surface area (Å²) in [5, 5.41) is 0. The molecule has 0 aliphatic carbocycles. The SMILES string of the molecule is COCN(C)C(=O)C(O[Si](C)(C)C)C(C)(C)C. The van der Waals surface area contributed by atoms with Crippen molar-refractivity contribution in [1.29, 1.82) is 0 Å². The number of amides is 1. The summed E-state index contributed by atoms with van der Waals surface area (Å²) >= 11 is 0. The molecule has 0 bridgehead atoms. The van der Waals surface area contributed by atoms with Gasteiger partial charge in [0, 0.05) is 14.2 Å². The quantitative estimate of drug-likeness (QED) is 0.563. The van der Waals surface area contributed by atoms with Crippen molar-refractivity contribution in [2.24, 2.45) is 5.41 Å². The number of methoxy groups -OCH3 is 1. The van der Waals surface area contributed by atoms with Crippen LogP contribution >= 0.6 is 0 Å². The van der Waals surface area contributed by atoms with E-state index in [1.807, 2.05) is 20.8 Å². The van der Waals surface area contributed by atoms with Crippen molar-refractivity contribution in [3.63, 3.8) is 0 Å². The lowest BCUT2D eigenvalue weighted by molar-refractivity contribution is -0.147. The van der Waals surface area contributed by atoms with Crippen molar-refractivity contribution in [2.45, 2.75) is 46.5 Å². The average Bonchev–Trinajstić information content (AvgIpc) is 2.10. The molecule has 0 N–H and O–H groups in total. The Hall–Kier alpha value is -0.393. The van der Waals surface area contributed by atoms with Gasteiger partial charge in [-0.25, -0.2) is 0 Å². The van der Waals surface area contributed by atoms with Crippen LogP contribution in [0.2, 0.25) is 19.6 Å². The lowest BCUT2D eigenvalue weighted by Gasteiger charge is -2.36. The largest absolute Gasteiger partial charge is 0.405 e. The van der Waals surface area contributed by atoms with E-state index < -0.39 is 14.4 Å². The van der Waals surface area contributed by atoms with Gasteiger partial charge in [-0.15, -0.1) is 0 Å². The van der Waals surface area contributed by atoms with Crippen LogP contribution in [0.1, 0.15) is 20.8 Å². The van der Waals surface area contributed by atoms with Crippen LogP contribution < -0.4 is 0 Å². The van der Waals surface area contributed by atoms with E-state index in [2.05, 4.69) is 19.6 Å². The van der Waals surface area contributed by atoms with E-state index in [0.29, 0.717) is 6.73 Å². The fourth-order valence-electron chi connectivity index (χ4n) is 1.41. The molecule has 102 valence electrons. The number of carbonyl (C=O) groups excluding carboxylic acids is 1. The highest BCUT2D eigenvalue weighted by Gasteiger charge is 2.37. The van der Waals surface area contributed by atoms with Gasteiger partial charge in [0.1, 0.15) is 12.8 Å². The molecular weight excluding hydrogens is 234 g/mol. The second-order valence-corrected chi connectivity index (χ2v) is 10.9. The standard InChI is InChI=1S/C12H27NO3Si/c1-12(2,3)10(16-17(6,7)8)11(14)13(4)9-15-5/h10H,9H2,1-8H3. The third kappa shape index (κ3) is 6.19. The molecule has 0 aromatic rings. The van der Waals surface area contributed by atoms with E-state index in [0.717, 1.165) is 0 Å². The van der Waals surface area contributed by atoms with E-state index in [-0.39, 0.29) is 11.3 Å². The first-order valence-electron chi connectivity index (χ1n) is 5.91. The maximum absolute atomic E-state index is 12.3. The first-order valence-corrected chi connectivity index (χ1v) is 9.31. The summed E-state index contributed by atoms with van der Waals surface area (Å²) in [5.41, 5.74) is -0.209. The molecule has 0 spiro atoms. The molecule has 0 heterocycles. The molecule has 0 aliphatic rings. The van der Waals surface area contributed by atoms with Gasteiger partial charge in [-0.1, -0.05) is 20.8 Å². The fraction of sp³-hybridized carbons (Fsp3) is 0.917. The molecule has 0 fully saturated rings. The molecule has 4 nitrogen and oxygen atoms in total. The molecule has 0 saturated heterocycles. The van der Waals surface area contributed by atoms with Gasteiger partial charge in [0.25, 0.3) is 5.91 Å². The van der Waals surface area contributed by atoms with Gasteiger partial charge in [-0.05, 0) is 25.1 Å². The summed E-state index contributed by atoms with van der Waals surface area (Å²) in [4.78, 5) is 13.9. The van der Waals surface area contributed by atoms with Gasteiger partial charge >= 0.3 is 0 Å². The Kier molecular flexibility index (Phi) is 5.84. The van der Waals surface area contributed by atoms with Crippen LogP contribution in [0.25, 0.3) is 0 Å². The highest BCUT2D eigenvalue weighted by atomic mass is 28.4. The zero-order valence-electron chi connectivity index (χ0n) is 12.5. The zero-order valence-corrected chi connectivity index (χ0v) is 13.5. The molecule has 0 aromatic heterocycles. The van der Waals surface area contributed by atoms with Crippen LogP contribution in [0.3, 0.4) is 0 Å². The number of rotatable bonds is 5. The minimum Gasteiger partial charge on any atom is -0.405 e. The molecule has 0 aromatic carbocycles. The zero-order chi connectivity index (χ0) is 13.9. The third-order valence-corrected chi connectivity index (χ3v) is 3.12. The van der Waals surface area contributed by atoms with Crippen LogP contribution in [-0.4, -0.2) is 46.1 Å². The maximum atomic E-state index is 12.3. The van der Waals surface area contributed by atoms with Crippen LogP contribution in [0.4, 0.5) is 0 Å². The van der Waals surface area contributed by atoms with Gasteiger partial charge in [-0.2, -0.15) is 0 Å². The molecule has 17 heavy (non-hydrogen) atoms. The van der Waals surface area contributed by atoms with Crippen LogP contribution in [0.5, 0.6) is 0 Å². The molecule has 1 amide bonds. The summed E-state index contributed by atoms with van der Waals surface area (Å²) in [5.74, 6) is -0.0122. The molecule has 1 atom stereocenters. The van der Waals surface area contributed by atoms with Crippen molar-refractivity contribution in [3.8, 4) is 0 Å². The molecule has 5 heteroatoms. The van der Waals surface area contributed by atoms with Gasteiger partial charge < -0.3 is 14.1 Å². The first kappa shape index (κ1) is 16.6. The van der Waals surface area contributed by atoms with Gasteiger partial charge in [0.2, 0.25) is 0 Å². The van der Waals surface area contributed by atoms with Crippen molar-refractivity contribution < 1.29 is 14.0 Å². The first-order chi connectivity index (χ1) is 7.49. The summed E-state index contributed by atoms with van der Waals surface area (Å²) in [7, 11) is 1.56. The lowest BCUT2D eigenvalue weighted by Crippen LogP contribution is -2.50. The summed E-state index contributed by atoms with van der Waals surface area (Å²) in [6.07, 6.45) is -0.408. The number of hydrogen-bond donors (Lipinski definition) is 0. The molecule has 1 unspecified atom stereocenters. The molecule has 0 rings (SSSR count). The van der Waals surface area contributed by atoms with Gasteiger partial charge in [-0.3, -0.25) is 4.79 Å². The summed E-state index contributed by atoms with van der Waals surface area (Å²) in [6.45, 7) is 12.6. The van der Waals surface area contributed by atoms with Crippen molar-refractivity contribution >= 4 is 14.2 Å². The minimum absolute atomic E-state index is 0.0122. The second kappa shape index (κ2) is 5.98. The van der Waals surface area contributed by atoms with E-state index >= 15 is 0 Å². The van der Waals surface area contributed by atoms with Crippen molar-refractivity contribution in [3.05, 3.63) is 0 Å². The van der Waals surface area contributed by atoms with Gasteiger partial charge in [0.15, 0.2) is 8.32 Å². The Labute approximate surface area is 106 Å². The number of nitrogens with zero attached hydrogens (tertiary/aromatic N) is 1. The second-order valence-electron chi connectivity index (χ2n) is 6.43. The van der Waals surface area contributed by atoms with Crippen molar-refractivity contribution in [2.75, 3.05) is 20.9 Å². The number of likely N-dealkylation sites (N-methyl/N-ethyl adjacent to an activating group) is 1. The number of ether oxygens (including phenoxy) is 1. The Morgan fingerprint density at radius 3 is 2.06 bits per heavy atom. The van der Waals surface area contributed by atoms with Crippen LogP contribution in [-0.2, 0) is 14.0 Å². The number of hydrogen-bond acceptors (Lipinski definition) is 3. The average molecular weight is 261 g/mol. The predicted octanol–water partition coefficient (Wildman–Crippen LogP) is 2.31. The Balaban J connectivity index is 4.88. The smallest absolute Gasteiger partial charge is 0.252 e. The number of carbonyl (C=O) groups is 1. The van der Waals surface area contributed by atoms with E-state index in [1.165, 1.54) is 0 Å². The molecule has 0 aliphatic heterocycles. The van der Waals surface area contributed by atoms with E-state index in [9.17, 15) is 4.79 Å². The summed E-state index contributed by atoms with van der Waals surface area (Å²) in [6, 6.07) is 0. The van der Waals surface area contributed by atoms with E-state index in [4.69, 9.17) is 9.16 Å². The molecule has 0 radical (unpaired) electrons. The van der Waals surface area contributed by atoms with Gasteiger partial charge in [0.05, 0.1) is 0 Å². The third-order valence-electron chi connectivity index (χ3n) is 2.18. The summed E-state index contributed by atoms with van der Waals surface area (Å²) < 4.78 is 11.0. The highest BCUT2D eigenvalue weighted by molar-refractivity contribution is 6.69. The molecule has 0 saturated carbocycles. The van der Waals surface area contributed by atoms with Crippen molar-refractivity contribution in [1.82, 2.24) is 4.90 Å².